The fraction of sp³-hybridized carbons (Fsp3) is 0.267. The average Bonchev–Trinajstić information content (AvgIpc) is 3.21. The Balaban J connectivity index is 1.80. The molecule has 0 aliphatic rings. The summed E-state index contributed by atoms with van der Waals surface area (Å²) in [6, 6.07) is 2.02. The topological polar surface area (TPSA) is 85.8 Å². The summed E-state index contributed by atoms with van der Waals surface area (Å²) in [5, 5.41) is 11.1. The van der Waals surface area contributed by atoms with Crippen molar-refractivity contribution < 1.29 is 26.3 Å². The van der Waals surface area contributed by atoms with Crippen LogP contribution in [0.15, 0.2) is 35.8 Å². The smallest absolute Gasteiger partial charge is 0.275 e. The van der Waals surface area contributed by atoms with E-state index in [2.05, 4.69) is 30.7 Å². The maximum absolute atomic E-state index is 13.1. The van der Waals surface area contributed by atoms with Crippen molar-refractivity contribution in [3.63, 3.8) is 0 Å². The van der Waals surface area contributed by atoms with E-state index in [1.165, 1.54) is 23.1 Å². The summed E-state index contributed by atoms with van der Waals surface area (Å²) in [6.45, 7) is -1.28. The van der Waals surface area contributed by atoms with Crippen LogP contribution in [0.25, 0.3) is 11.3 Å². The maximum atomic E-state index is 13.1. The van der Waals surface area contributed by atoms with Gasteiger partial charge in [-0.05, 0) is 12.1 Å². The Morgan fingerprint density at radius 1 is 1.17 bits per heavy atom. The Hall–Kier alpha value is -3.45. The minimum Gasteiger partial charge on any atom is -0.275 e. The number of hydrogen-bond donors (Lipinski definition) is 1. The molecule has 1 N–H and O–H groups in total. The van der Waals surface area contributed by atoms with Crippen LogP contribution in [0, 0.1) is 0 Å². The van der Waals surface area contributed by atoms with Crippen molar-refractivity contribution >= 4 is 12.2 Å². The van der Waals surface area contributed by atoms with Gasteiger partial charge in [0.15, 0.2) is 5.69 Å². The monoisotopic (exact) mass is 418 g/mol. The second kappa shape index (κ2) is 7.52. The molecule has 0 bridgehead atoms. The Morgan fingerprint density at radius 3 is 2.55 bits per heavy atom. The summed E-state index contributed by atoms with van der Waals surface area (Å²) in [5.41, 5.74) is 1.39. The molecule has 0 saturated heterocycles. The van der Waals surface area contributed by atoms with E-state index < -0.39 is 30.5 Å². The van der Waals surface area contributed by atoms with E-state index in [9.17, 15) is 26.3 Å². The number of alkyl halides is 6. The standard InChI is InChI=1S/C15H12F6N8/c1-28-7-9(5-23-28)11-4-12(15(19,20)21)25-13(24-11)26-22-6-10-2-3-29(27-10)8-14(16,17)18/h2-7H,8H2,1H3,(H,24,25,26)/b22-6+. The predicted octanol–water partition coefficient (Wildman–Crippen LogP) is 3.10. The molecule has 0 aromatic carbocycles. The molecule has 0 saturated carbocycles. The Bertz CT molecular complexity index is 1020. The molecule has 3 aromatic heterocycles. The number of aryl methyl sites for hydroxylation is 1. The minimum atomic E-state index is -4.73. The lowest BCUT2D eigenvalue weighted by molar-refractivity contribution is -0.143. The first-order valence-corrected chi connectivity index (χ1v) is 7.84. The van der Waals surface area contributed by atoms with Gasteiger partial charge in [0.05, 0.1) is 18.1 Å². The lowest BCUT2D eigenvalue weighted by Crippen LogP contribution is -2.18. The summed E-state index contributed by atoms with van der Waals surface area (Å²) in [6.07, 6.45) is -4.23. The Kier molecular flexibility index (Phi) is 5.26. The normalized spacial score (nSPS) is 12.7. The van der Waals surface area contributed by atoms with Gasteiger partial charge >= 0.3 is 12.4 Å². The number of hydrogen-bond acceptors (Lipinski definition) is 6. The van der Waals surface area contributed by atoms with Crippen LogP contribution in [0.1, 0.15) is 11.4 Å². The van der Waals surface area contributed by atoms with E-state index in [-0.39, 0.29) is 11.4 Å². The molecular weight excluding hydrogens is 406 g/mol. The van der Waals surface area contributed by atoms with Crippen molar-refractivity contribution in [2.75, 3.05) is 5.43 Å². The molecular formula is C15H12F6N8. The molecule has 0 aliphatic heterocycles. The largest absolute Gasteiger partial charge is 0.433 e. The van der Waals surface area contributed by atoms with E-state index in [0.717, 1.165) is 18.5 Å². The van der Waals surface area contributed by atoms with E-state index in [1.54, 1.807) is 7.05 Å². The molecule has 3 heterocycles. The second-order valence-corrected chi connectivity index (χ2v) is 5.79. The SMILES string of the molecule is Cn1cc(-c2cc(C(F)(F)F)nc(N/N=C/c3ccn(CC(F)(F)F)n3)n2)cn1. The molecule has 14 heteroatoms. The number of nitrogens with zero attached hydrogens (tertiary/aromatic N) is 7. The van der Waals surface area contributed by atoms with Gasteiger partial charge < -0.3 is 0 Å². The first-order chi connectivity index (χ1) is 13.5. The second-order valence-electron chi connectivity index (χ2n) is 5.79. The third-order valence-electron chi connectivity index (χ3n) is 3.38. The van der Waals surface area contributed by atoms with Gasteiger partial charge in [0, 0.05) is 25.0 Å². The third-order valence-corrected chi connectivity index (χ3v) is 3.38. The lowest BCUT2D eigenvalue weighted by Gasteiger charge is -2.09. The van der Waals surface area contributed by atoms with Gasteiger partial charge in [-0.15, -0.1) is 0 Å². The van der Waals surface area contributed by atoms with E-state index in [4.69, 9.17) is 0 Å². The number of hydrazone groups is 1. The molecule has 0 fully saturated rings. The van der Waals surface area contributed by atoms with E-state index in [1.807, 2.05) is 0 Å². The third kappa shape index (κ3) is 5.52. The van der Waals surface area contributed by atoms with Crippen LogP contribution in [0.3, 0.4) is 0 Å². The summed E-state index contributed by atoms with van der Waals surface area (Å²) >= 11 is 0. The fourth-order valence-corrected chi connectivity index (χ4v) is 2.22. The van der Waals surface area contributed by atoms with Crippen molar-refractivity contribution in [1.82, 2.24) is 29.5 Å². The quantitative estimate of drug-likeness (QED) is 0.391. The predicted molar refractivity (Wildman–Crippen MR) is 88.7 cm³/mol. The molecule has 0 spiro atoms. The van der Waals surface area contributed by atoms with Gasteiger partial charge in [-0.25, -0.2) is 15.4 Å². The molecule has 154 valence electrons. The average molecular weight is 418 g/mol. The Labute approximate surface area is 158 Å². The highest BCUT2D eigenvalue weighted by Gasteiger charge is 2.34. The maximum Gasteiger partial charge on any atom is 0.433 e. The van der Waals surface area contributed by atoms with Gasteiger partial charge in [-0.2, -0.15) is 41.6 Å². The lowest BCUT2D eigenvalue weighted by atomic mass is 10.2. The fourth-order valence-electron chi connectivity index (χ4n) is 2.22. The van der Waals surface area contributed by atoms with Gasteiger partial charge in [0.2, 0.25) is 5.95 Å². The minimum absolute atomic E-state index is 0.0346. The number of rotatable bonds is 5. The highest BCUT2D eigenvalue weighted by molar-refractivity contribution is 5.77. The molecule has 0 radical (unpaired) electrons. The number of nitrogens with one attached hydrogen (secondary N) is 1. The zero-order valence-corrected chi connectivity index (χ0v) is 14.6. The van der Waals surface area contributed by atoms with Gasteiger partial charge in [0.25, 0.3) is 0 Å². The molecule has 3 rings (SSSR count). The zero-order chi connectivity index (χ0) is 21.2. The number of halogens is 6. The molecule has 0 atom stereocenters. The number of anilines is 1. The van der Waals surface area contributed by atoms with Gasteiger partial charge in [-0.1, -0.05) is 0 Å². The van der Waals surface area contributed by atoms with Crippen LogP contribution in [0.2, 0.25) is 0 Å². The van der Waals surface area contributed by atoms with Crippen LogP contribution in [-0.4, -0.2) is 41.9 Å². The van der Waals surface area contributed by atoms with Gasteiger partial charge in [0.1, 0.15) is 12.2 Å². The van der Waals surface area contributed by atoms with Crippen molar-refractivity contribution in [2.45, 2.75) is 18.9 Å². The summed E-state index contributed by atoms with van der Waals surface area (Å²) in [4.78, 5) is 7.31. The molecule has 0 amide bonds. The van der Waals surface area contributed by atoms with E-state index in [0.29, 0.717) is 10.2 Å². The Morgan fingerprint density at radius 2 is 1.93 bits per heavy atom. The van der Waals surface area contributed by atoms with Gasteiger partial charge in [-0.3, -0.25) is 9.36 Å². The van der Waals surface area contributed by atoms with Crippen LogP contribution in [0.4, 0.5) is 32.3 Å². The highest BCUT2D eigenvalue weighted by atomic mass is 19.4. The summed E-state index contributed by atoms with van der Waals surface area (Å²) in [5.74, 6) is -0.454. The van der Waals surface area contributed by atoms with Crippen molar-refractivity contribution in [3.8, 4) is 11.3 Å². The zero-order valence-electron chi connectivity index (χ0n) is 14.6. The molecule has 8 nitrogen and oxygen atoms in total. The first kappa shape index (κ1) is 20.3. The summed E-state index contributed by atoms with van der Waals surface area (Å²) in [7, 11) is 1.59. The molecule has 3 aromatic rings. The van der Waals surface area contributed by atoms with Crippen molar-refractivity contribution in [3.05, 3.63) is 42.1 Å². The van der Waals surface area contributed by atoms with Crippen molar-refractivity contribution in [1.29, 1.82) is 0 Å². The molecule has 29 heavy (non-hydrogen) atoms. The van der Waals surface area contributed by atoms with E-state index >= 15 is 0 Å². The van der Waals surface area contributed by atoms with Crippen molar-refractivity contribution in [2.24, 2.45) is 12.1 Å². The van der Waals surface area contributed by atoms with Crippen LogP contribution in [0.5, 0.6) is 0 Å². The molecule has 0 aliphatic carbocycles. The molecule has 0 unspecified atom stereocenters. The first-order valence-electron chi connectivity index (χ1n) is 7.84. The number of aromatic nitrogens is 6. The van der Waals surface area contributed by atoms with Crippen LogP contribution in [-0.2, 0) is 19.8 Å². The van der Waals surface area contributed by atoms with Crippen LogP contribution < -0.4 is 5.43 Å². The van der Waals surface area contributed by atoms with Crippen LogP contribution >= 0.6 is 0 Å². The highest BCUT2D eigenvalue weighted by Crippen LogP contribution is 2.31. The summed E-state index contributed by atoms with van der Waals surface area (Å²) < 4.78 is 78.3.